The Kier molecular flexibility index (Phi) is 6.43. The van der Waals surface area contributed by atoms with E-state index in [-0.39, 0.29) is 53.0 Å². The van der Waals surface area contributed by atoms with Crippen molar-refractivity contribution in [3.63, 3.8) is 0 Å². The fourth-order valence-electron chi connectivity index (χ4n) is 8.48. The predicted molar refractivity (Wildman–Crippen MR) is 135 cm³/mol. The number of aliphatic hydroxyl groups is 2. The number of hydrogen-bond acceptors (Lipinski definition) is 4. The summed E-state index contributed by atoms with van der Waals surface area (Å²) in [6.45, 7) is 13.2. The summed E-state index contributed by atoms with van der Waals surface area (Å²) < 4.78 is 0. The van der Waals surface area contributed by atoms with Crippen LogP contribution in [0.5, 0.6) is 0 Å². The molecule has 188 valence electrons. The summed E-state index contributed by atoms with van der Waals surface area (Å²) in [5, 5.41) is 18.6. The summed E-state index contributed by atoms with van der Waals surface area (Å²) in [5.74, 6) is 1.20. The Labute approximate surface area is 205 Å². The van der Waals surface area contributed by atoms with E-state index in [0.29, 0.717) is 29.6 Å². The number of fused-ring (bicyclic) bond motifs is 5. The third-order valence-corrected chi connectivity index (χ3v) is 11.2. The van der Waals surface area contributed by atoms with Crippen molar-refractivity contribution in [2.45, 2.75) is 86.5 Å². The molecule has 2 saturated carbocycles. The van der Waals surface area contributed by atoms with Gasteiger partial charge in [0.25, 0.3) is 0 Å². The van der Waals surface area contributed by atoms with Crippen LogP contribution in [-0.2, 0) is 9.59 Å². The van der Waals surface area contributed by atoms with Crippen molar-refractivity contribution in [1.29, 1.82) is 0 Å². The minimum absolute atomic E-state index is 0.0150. The molecule has 4 heteroatoms. The van der Waals surface area contributed by atoms with Crippen molar-refractivity contribution < 1.29 is 19.8 Å². The van der Waals surface area contributed by atoms with E-state index in [4.69, 9.17) is 0 Å². The van der Waals surface area contributed by atoms with Crippen LogP contribution in [0.4, 0.5) is 0 Å². The number of aliphatic hydroxyl groups excluding tert-OH is 2. The second-order valence-electron chi connectivity index (χ2n) is 12.8. The third-order valence-electron chi connectivity index (χ3n) is 11.2. The van der Waals surface area contributed by atoms with Crippen LogP contribution in [0.15, 0.2) is 34.9 Å². The zero-order chi connectivity index (χ0) is 25.1. The Morgan fingerprint density at radius 2 is 1.76 bits per heavy atom. The van der Waals surface area contributed by atoms with E-state index < -0.39 is 0 Å². The molecule has 0 amide bonds. The first-order valence-electron chi connectivity index (χ1n) is 13.2. The molecule has 0 aromatic carbocycles. The van der Waals surface area contributed by atoms with Gasteiger partial charge in [0.05, 0.1) is 13.2 Å². The standard InChI is InChI=1S/C30H44O4/c1-19(24(33)9-7-20(17-31)18-32)21-11-15-30(6)23-8-10-25-27(2,3)26(34)13-14-28(25,4)22(23)12-16-29(21,30)5/h7-8,12,19,21,25,31-32H,9-11,13-18H2,1-6H3/t19-,21+,25-,28+,29+,30-/m0/s1. The number of allylic oxidation sites excluding steroid dienone is 5. The maximum absolute atomic E-state index is 13.1. The van der Waals surface area contributed by atoms with E-state index in [0.717, 1.165) is 32.1 Å². The molecule has 4 rings (SSSR count). The van der Waals surface area contributed by atoms with Crippen LogP contribution in [0.1, 0.15) is 86.5 Å². The molecule has 4 aliphatic rings. The van der Waals surface area contributed by atoms with Gasteiger partial charge in [-0.15, -0.1) is 0 Å². The monoisotopic (exact) mass is 468 g/mol. The zero-order valence-electron chi connectivity index (χ0n) is 22.0. The van der Waals surface area contributed by atoms with Crippen molar-refractivity contribution >= 4 is 11.6 Å². The lowest BCUT2D eigenvalue weighted by atomic mass is 9.44. The molecule has 4 aliphatic carbocycles. The molecule has 34 heavy (non-hydrogen) atoms. The Balaban J connectivity index is 1.64. The lowest BCUT2D eigenvalue weighted by Crippen LogP contribution is -2.53. The third kappa shape index (κ3) is 3.46. The van der Waals surface area contributed by atoms with Crippen LogP contribution < -0.4 is 0 Å². The maximum atomic E-state index is 13.1. The molecule has 0 spiro atoms. The molecule has 0 bridgehead atoms. The van der Waals surface area contributed by atoms with Gasteiger partial charge in [-0.2, -0.15) is 0 Å². The highest BCUT2D eigenvalue weighted by Gasteiger charge is 2.63. The summed E-state index contributed by atoms with van der Waals surface area (Å²) in [6, 6.07) is 0. The fourth-order valence-corrected chi connectivity index (χ4v) is 8.48. The molecule has 0 heterocycles. The average molecular weight is 469 g/mol. The number of Topliss-reactive ketones (excluding diaryl/α,β-unsaturated/α-hetero) is 2. The molecule has 6 atom stereocenters. The fraction of sp³-hybridized carbons (Fsp3) is 0.733. The Bertz CT molecular complexity index is 962. The van der Waals surface area contributed by atoms with E-state index in [1.165, 1.54) is 11.1 Å². The van der Waals surface area contributed by atoms with Crippen molar-refractivity contribution in [3.05, 3.63) is 34.9 Å². The molecule has 0 saturated heterocycles. The molecule has 2 N–H and O–H groups in total. The Hall–Kier alpha value is -1.52. The van der Waals surface area contributed by atoms with Gasteiger partial charge in [-0.1, -0.05) is 59.8 Å². The number of ketones is 2. The maximum Gasteiger partial charge on any atom is 0.139 e. The minimum atomic E-state index is -0.286. The first kappa shape index (κ1) is 25.6. The molecule has 4 nitrogen and oxygen atoms in total. The van der Waals surface area contributed by atoms with Gasteiger partial charge in [-0.05, 0) is 76.9 Å². The van der Waals surface area contributed by atoms with Crippen LogP contribution in [0, 0.1) is 39.4 Å². The lowest BCUT2D eigenvalue weighted by Gasteiger charge is -2.59. The van der Waals surface area contributed by atoms with Gasteiger partial charge >= 0.3 is 0 Å². The van der Waals surface area contributed by atoms with Gasteiger partial charge in [0, 0.05) is 24.2 Å². The second-order valence-corrected chi connectivity index (χ2v) is 12.8. The van der Waals surface area contributed by atoms with Crippen molar-refractivity contribution in [2.24, 2.45) is 39.4 Å². The number of hydrogen-bond donors (Lipinski definition) is 2. The summed E-state index contributed by atoms with van der Waals surface area (Å²) >= 11 is 0. The normalized spacial score (nSPS) is 39.2. The first-order valence-corrected chi connectivity index (χ1v) is 13.2. The first-order chi connectivity index (χ1) is 15.9. The van der Waals surface area contributed by atoms with Crippen molar-refractivity contribution in [1.82, 2.24) is 0 Å². The van der Waals surface area contributed by atoms with Gasteiger partial charge in [-0.25, -0.2) is 0 Å². The van der Waals surface area contributed by atoms with Crippen LogP contribution in [0.2, 0.25) is 0 Å². The van der Waals surface area contributed by atoms with Gasteiger partial charge in [0.1, 0.15) is 11.6 Å². The molecule has 2 fully saturated rings. The van der Waals surface area contributed by atoms with Crippen LogP contribution in [-0.4, -0.2) is 35.0 Å². The minimum Gasteiger partial charge on any atom is -0.392 e. The van der Waals surface area contributed by atoms with Crippen LogP contribution in [0.25, 0.3) is 0 Å². The van der Waals surface area contributed by atoms with Crippen molar-refractivity contribution in [2.75, 3.05) is 13.2 Å². The molecule has 0 radical (unpaired) electrons. The van der Waals surface area contributed by atoms with E-state index in [2.05, 4.69) is 53.7 Å². The quantitative estimate of drug-likeness (QED) is 0.499. The summed E-state index contributed by atoms with van der Waals surface area (Å²) in [7, 11) is 0. The number of carbonyl (C=O) groups excluding carboxylic acids is 2. The van der Waals surface area contributed by atoms with Crippen molar-refractivity contribution in [3.8, 4) is 0 Å². The van der Waals surface area contributed by atoms with Gasteiger partial charge < -0.3 is 10.2 Å². The molecule has 0 aliphatic heterocycles. The zero-order valence-corrected chi connectivity index (χ0v) is 22.0. The van der Waals surface area contributed by atoms with E-state index in [9.17, 15) is 19.8 Å². The molecule has 0 aromatic heterocycles. The second kappa shape index (κ2) is 8.55. The Morgan fingerprint density at radius 1 is 1.09 bits per heavy atom. The van der Waals surface area contributed by atoms with E-state index in [1.807, 2.05) is 0 Å². The predicted octanol–water partition coefficient (Wildman–Crippen LogP) is 5.59. The summed E-state index contributed by atoms with van der Waals surface area (Å²) in [5.41, 5.74) is 3.30. The molecular formula is C30H44O4. The van der Waals surface area contributed by atoms with Gasteiger partial charge in [0.15, 0.2) is 0 Å². The summed E-state index contributed by atoms with van der Waals surface area (Å²) in [4.78, 5) is 25.9. The van der Waals surface area contributed by atoms with Gasteiger partial charge in [-0.3, -0.25) is 9.59 Å². The highest BCUT2D eigenvalue weighted by Crippen LogP contribution is 2.71. The SMILES string of the molecule is C[C@H](C(=O)CC=C(CO)CO)[C@H]1CC[C@@]2(C)C3=CC[C@H]4C(C)(C)C(=O)CC[C@]4(C)C3=CC[C@]12C. The average Bonchev–Trinajstić information content (AvgIpc) is 3.08. The number of carbonyl (C=O) groups is 2. The number of rotatable bonds is 6. The van der Waals surface area contributed by atoms with E-state index >= 15 is 0 Å². The largest absolute Gasteiger partial charge is 0.392 e. The molecule has 0 aromatic rings. The van der Waals surface area contributed by atoms with Crippen LogP contribution in [0.3, 0.4) is 0 Å². The molecule has 0 unspecified atom stereocenters. The van der Waals surface area contributed by atoms with Gasteiger partial charge in [0.2, 0.25) is 0 Å². The summed E-state index contributed by atoms with van der Waals surface area (Å²) in [6.07, 6.45) is 12.6. The Morgan fingerprint density at radius 3 is 2.41 bits per heavy atom. The smallest absolute Gasteiger partial charge is 0.139 e. The van der Waals surface area contributed by atoms with E-state index in [1.54, 1.807) is 6.08 Å². The van der Waals surface area contributed by atoms with Crippen LogP contribution >= 0.6 is 0 Å². The highest BCUT2D eigenvalue weighted by atomic mass is 16.3. The lowest BCUT2D eigenvalue weighted by molar-refractivity contribution is -0.138. The molecular weight excluding hydrogens is 424 g/mol. The highest BCUT2D eigenvalue weighted by molar-refractivity contribution is 5.86. The topological polar surface area (TPSA) is 74.6 Å².